The zero-order valence-electron chi connectivity index (χ0n) is 10.6. The summed E-state index contributed by atoms with van der Waals surface area (Å²) in [7, 11) is 1.75. The standard InChI is InChI=1S/C13H19N3O2/c1-16(6-7-18-9-10-2-3-10)13(17)11-8-15-5-4-12(11)14/h4-5,8,10H,2-3,6-7,9H2,1H3,(H2,14,15). The number of aromatic nitrogens is 1. The first-order chi connectivity index (χ1) is 8.68. The highest BCUT2D eigenvalue weighted by Crippen LogP contribution is 2.28. The number of ether oxygens (including phenoxy) is 1. The molecule has 1 saturated carbocycles. The zero-order valence-corrected chi connectivity index (χ0v) is 10.6. The van der Waals surface area contributed by atoms with Gasteiger partial charge in [-0.25, -0.2) is 0 Å². The van der Waals surface area contributed by atoms with Crippen molar-refractivity contribution in [2.45, 2.75) is 12.8 Å². The molecule has 1 aromatic rings. The van der Waals surface area contributed by atoms with Crippen LogP contribution in [0.5, 0.6) is 0 Å². The largest absolute Gasteiger partial charge is 0.398 e. The number of carbonyl (C=O) groups excluding carboxylic acids is 1. The van der Waals surface area contributed by atoms with E-state index in [1.165, 1.54) is 19.0 Å². The maximum atomic E-state index is 12.1. The van der Waals surface area contributed by atoms with Gasteiger partial charge in [-0.15, -0.1) is 0 Å². The predicted molar refractivity (Wildman–Crippen MR) is 69.2 cm³/mol. The van der Waals surface area contributed by atoms with Crippen LogP contribution in [0, 0.1) is 5.92 Å². The summed E-state index contributed by atoms with van der Waals surface area (Å²) in [6.45, 7) is 1.95. The van der Waals surface area contributed by atoms with Crippen LogP contribution in [0.3, 0.4) is 0 Å². The molecule has 0 spiro atoms. The van der Waals surface area contributed by atoms with Gasteiger partial charge in [-0.1, -0.05) is 0 Å². The molecular weight excluding hydrogens is 230 g/mol. The van der Waals surface area contributed by atoms with Crippen LogP contribution in [0.4, 0.5) is 5.69 Å². The molecule has 1 amide bonds. The maximum Gasteiger partial charge on any atom is 0.257 e. The molecule has 0 atom stereocenters. The molecule has 0 radical (unpaired) electrons. The van der Waals surface area contributed by atoms with Gasteiger partial charge in [0, 0.05) is 38.3 Å². The van der Waals surface area contributed by atoms with Crippen molar-refractivity contribution in [2.24, 2.45) is 5.92 Å². The molecule has 2 rings (SSSR count). The summed E-state index contributed by atoms with van der Waals surface area (Å²) < 4.78 is 5.50. The quantitative estimate of drug-likeness (QED) is 0.768. The Hall–Kier alpha value is -1.62. The van der Waals surface area contributed by atoms with Crippen molar-refractivity contribution in [2.75, 3.05) is 32.5 Å². The van der Waals surface area contributed by atoms with Gasteiger partial charge in [0.05, 0.1) is 12.2 Å². The molecule has 1 aliphatic rings. The van der Waals surface area contributed by atoms with Crippen LogP contribution < -0.4 is 5.73 Å². The van der Waals surface area contributed by atoms with E-state index in [1.807, 2.05) is 0 Å². The fourth-order valence-electron chi connectivity index (χ4n) is 1.63. The number of pyridine rings is 1. The number of nitrogens with zero attached hydrogens (tertiary/aromatic N) is 2. The molecule has 5 heteroatoms. The molecule has 2 N–H and O–H groups in total. The van der Waals surface area contributed by atoms with Gasteiger partial charge in [-0.3, -0.25) is 9.78 Å². The summed E-state index contributed by atoms with van der Waals surface area (Å²) in [6.07, 6.45) is 5.63. The fourth-order valence-corrected chi connectivity index (χ4v) is 1.63. The molecule has 0 saturated heterocycles. The van der Waals surface area contributed by atoms with Crippen LogP contribution in [0.25, 0.3) is 0 Å². The Balaban J connectivity index is 1.78. The summed E-state index contributed by atoms with van der Waals surface area (Å²) >= 11 is 0. The average Bonchev–Trinajstić information content (AvgIpc) is 3.18. The Morgan fingerprint density at radius 3 is 3.06 bits per heavy atom. The van der Waals surface area contributed by atoms with Crippen LogP contribution in [-0.4, -0.2) is 42.6 Å². The lowest BCUT2D eigenvalue weighted by molar-refractivity contribution is 0.0681. The highest BCUT2D eigenvalue weighted by atomic mass is 16.5. The third-order valence-electron chi connectivity index (χ3n) is 3.05. The van der Waals surface area contributed by atoms with E-state index in [1.54, 1.807) is 24.2 Å². The normalized spacial score (nSPS) is 14.5. The van der Waals surface area contributed by atoms with Crippen LogP contribution in [0.1, 0.15) is 23.2 Å². The number of anilines is 1. The van der Waals surface area contributed by atoms with Crippen molar-refractivity contribution in [3.8, 4) is 0 Å². The Labute approximate surface area is 107 Å². The van der Waals surface area contributed by atoms with Crippen molar-refractivity contribution in [1.29, 1.82) is 0 Å². The molecule has 1 aliphatic carbocycles. The second-order valence-corrected chi connectivity index (χ2v) is 4.71. The van der Waals surface area contributed by atoms with E-state index in [9.17, 15) is 4.79 Å². The van der Waals surface area contributed by atoms with E-state index in [-0.39, 0.29) is 5.91 Å². The molecule has 0 bridgehead atoms. The fraction of sp³-hybridized carbons (Fsp3) is 0.538. The lowest BCUT2D eigenvalue weighted by atomic mass is 10.2. The van der Waals surface area contributed by atoms with Gasteiger partial charge < -0.3 is 15.4 Å². The molecule has 0 aromatic carbocycles. The van der Waals surface area contributed by atoms with E-state index in [0.717, 1.165) is 12.5 Å². The molecule has 0 unspecified atom stereocenters. The predicted octanol–water partition coefficient (Wildman–Crippen LogP) is 1.16. The number of likely N-dealkylation sites (N-methyl/N-ethyl adjacent to an activating group) is 1. The number of hydrogen-bond donors (Lipinski definition) is 1. The Kier molecular flexibility index (Phi) is 4.15. The first-order valence-electron chi connectivity index (χ1n) is 6.21. The minimum Gasteiger partial charge on any atom is -0.398 e. The van der Waals surface area contributed by atoms with Gasteiger partial charge in [0.1, 0.15) is 0 Å². The molecule has 5 nitrogen and oxygen atoms in total. The lowest BCUT2D eigenvalue weighted by Crippen LogP contribution is -2.31. The monoisotopic (exact) mass is 249 g/mol. The van der Waals surface area contributed by atoms with Gasteiger partial charge in [0.15, 0.2) is 0 Å². The van der Waals surface area contributed by atoms with Crippen molar-refractivity contribution in [1.82, 2.24) is 9.88 Å². The van der Waals surface area contributed by atoms with E-state index in [0.29, 0.717) is 24.4 Å². The van der Waals surface area contributed by atoms with Crippen LogP contribution in [-0.2, 0) is 4.74 Å². The van der Waals surface area contributed by atoms with Crippen molar-refractivity contribution in [3.63, 3.8) is 0 Å². The second-order valence-electron chi connectivity index (χ2n) is 4.71. The minimum atomic E-state index is -0.115. The number of hydrogen-bond acceptors (Lipinski definition) is 4. The van der Waals surface area contributed by atoms with Gasteiger partial charge in [-0.05, 0) is 24.8 Å². The molecule has 98 valence electrons. The van der Waals surface area contributed by atoms with Crippen molar-refractivity contribution in [3.05, 3.63) is 24.0 Å². The molecule has 18 heavy (non-hydrogen) atoms. The third kappa shape index (κ3) is 3.43. The highest BCUT2D eigenvalue weighted by molar-refractivity contribution is 5.98. The highest BCUT2D eigenvalue weighted by Gasteiger charge is 2.21. The summed E-state index contributed by atoms with van der Waals surface area (Å²) in [6, 6.07) is 1.63. The first-order valence-corrected chi connectivity index (χ1v) is 6.21. The molecule has 0 aliphatic heterocycles. The minimum absolute atomic E-state index is 0.115. The number of rotatable bonds is 6. The van der Waals surface area contributed by atoms with E-state index in [4.69, 9.17) is 10.5 Å². The number of nitrogen functional groups attached to an aromatic ring is 1. The topological polar surface area (TPSA) is 68.5 Å². The molecule has 1 fully saturated rings. The lowest BCUT2D eigenvalue weighted by Gasteiger charge is -2.17. The third-order valence-corrected chi connectivity index (χ3v) is 3.05. The molecule has 1 aromatic heterocycles. The molecule has 1 heterocycles. The summed E-state index contributed by atoms with van der Waals surface area (Å²) in [5, 5.41) is 0. The summed E-state index contributed by atoms with van der Waals surface area (Å²) in [5.41, 5.74) is 6.65. The van der Waals surface area contributed by atoms with E-state index >= 15 is 0 Å². The van der Waals surface area contributed by atoms with Crippen LogP contribution in [0.15, 0.2) is 18.5 Å². The van der Waals surface area contributed by atoms with Crippen LogP contribution >= 0.6 is 0 Å². The Morgan fingerprint density at radius 1 is 1.61 bits per heavy atom. The smallest absolute Gasteiger partial charge is 0.257 e. The summed E-state index contributed by atoms with van der Waals surface area (Å²) in [5.74, 6) is 0.635. The van der Waals surface area contributed by atoms with Gasteiger partial charge in [0.2, 0.25) is 0 Å². The van der Waals surface area contributed by atoms with Gasteiger partial charge >= 0.3 is 0 Å². The number of amides is 1. The maximum absolute atomic E-state index is 12.1. The van der Waals surface area contributed by atoms with Gasteiger partial charge in [-0.2, -0.15) is 0 Å². The first kappa shape index (κ1) is 12.8. The Morgan fingerprint density at radius 2 is 2.39 bits per heavy atom. The zero-order chi connectivity index (χ0) is 13.0. The average molecular weight is 249 g/mol. The van der Waals surface area contributed by atoms with E-state index in [2.05, 4.69) is 4.98 Å². The summed E-state index contributed by atoms with van der Waals surface area (Å²) in [4.78, 5) is 17.6. The second kappa shape index (κ2) is 5.82. The van der Waals surface area contributed by atoms with Crippen molar-refractivity contribution >= 4 is 11.6 Å². The van der Waals surface area contributed by atoms with Crippen molar-refractivity contribution < 1.29 is 9.53 Å². The SMILES string of the molecule is CN(CCOCC1CC1)C(=O)c1cnccc1N. The number of nitrogens with two attached hydrogens (primary N) is 1. The Bertz CT molecular complexity index is 418. The van der Waals surface area contributed by atoms with E-state index < -0.39 is 0 Å². The van der Waals surface area contributed by atoms with Crippen LogP contribution in [0.2, 0.25) is 0 Å². The molecular formula is C13H19N3O2. The van der Waals surface area contributed by atoms with Gasteiger partial charge in [0.25, 0.3) is 5.91 Å². The number of carbonyl (C=O) groups is 1.